The van der Waals surface area contributed by atoms with Gasteiger partial charge in [0.25, 0.3) is 0 Å². The maximum atomic E-state index is 5.95. The van der Waals surface area contributed by atoms with Crippen molar-refractivity contribution in [2.24, 2.45) is 0 Å². The molecule has 2 unspecified atom stereocenters. The topological polar surface area (TPSA) is 27.7 Å². The van der Waals surface area contributed by atoms with Gasteiger partial charge in [-0.3, -0.25) is 0 Å². The third-order valence-corrected chi connectivity index (χ3v) is 3.76. The zero-order valence-corrected chi connectivity index (χ0v) is 11.7. The Bertz CT molecular complexity index is 577. The monoisotopic (exact) mass is 270 g/mol. The van der Waals surface area contributed by atoms with Crippen LogP contribution in [0.3, 0.4) is 0 Å². The predicted molar refractivity (Wildman–Crippen MR) is 77.3 cm³/mol. The lowest BCUT2D eigenvalue weighted by molar-refractivity contribution is -0.0798. The molecule has 1 heterocycles. The molecule has 0 aliphatic carbocycles. The Labute approximate surface area is 119 Å². The molecule has 0 N–H and O–H groups in total. The van der Waals surface area contributed by atoms with Crippen LogP contribution in [0.25, 0.3) is 0 Å². The fourth-order valence-electron chi connectivity index (χ4n) is 2.67. The summed E-state index contributed by atoms with van der Waals surface area (Å²) in [5.41, 5.74) is 2.42. The highest BCUT2D eigenvalue weighted by atomic mass is 16.7. The van der Waals surface area contributed by atoms with Crippen LogP contribution in [0.1, 0.15) is 17.0 Å². The van der Waals surface area contributed by atoms with Crippen molar-refractivity contribution >= 4 is 0 Å². The molecule has 2 atom stereocenters. The van der Waals surface area contributed by atoms with Gasteiger partial charge in [0.15, 0.2) is 0 Å². The average molecular weight is 270 g/mol. The molecule has 0 spiro atoms. The maximum absolute atomic E-state index is 5.95. The van der Waals surface area contributed by atoms with E-state index in [0.717, 1.165) is 17.9 Å². The third-order valence-electron chi connectivity index (χ3n) is 3.76. The maximum Gasteiger partial charge on any atom is 0.206 e. The van der Waals surface area contributed by atoms with E-state index in [4.69, 9.17) is 14.2 Å². The van der Waals surface area contributed by atoms with Gasteiger partial charge in [-0.2, -0.15) is 0 Å². The highest BCUT2D eigenvalue weighted by Gasteiger charge is 2.31. The lowest BCUT2D eigenvalue weighted by Gasteiger charge is -2.32. The lowest BCUT2D eigenvalue weighted by Crippen LogP contribution is -2.32. The summed E-state index contributed by atoms with van der Waals surface area (Å²) in [6.45, 7) is 0. The number of ether oxygens (including phenoxy) is 3. The molecule has 0 amide bonds. The van der Waals surface area contributed by atoms with Crippen molar-refractivity contribution in [1.29, 1.82) is 0 Å². The van der Waals surface area contributed by atoms with Crippen LogP contribution in [0.2, 0.25) is 0 Å². The summed E-state index contributed by atoms with van der Waals surface area (Å²) in [4.78, 5) is 0. The van der Waals surface area contributed by atoms with E-state index in [1.54, 1.807) is 14.2 Å². The van der Waals surface area contributed by atoms with E-state index in [1.165, 1.54) is 11.1 Å². The zero-order valence-electron chi connectivity index (χ0n) is 11.7. The van der Waals surface area contributed by atoms with Crippen LogP contribution in [0, 0.1) is 0 Å². The van der Waals surface area contributed by atoms with Gasteiger partial charge in [0, 0.05) is 7.11 Å². The standard InChI is InChI=1S/C17H18O3/c1-18-14-9-7-12(8-10-14)15-11-13-5-3-4-6-16(13)20-17(15)19-2/h3-10,15,17H,11H2,1-2H3. The van der Waals surface area contributed by atoms with Gasteiger partial charge in [-0.1, -0.05) is 30.3 Å². The van der Waals surface area contributed by atoms with Gasteiger partial charge in [-0.05, 0) is 35.7 Å². The summed E-state index contributed by atoms with van der Waals surface area (Å²) in [6, 6.07) is 16.2. The molecule has 2 aromatic carbocycles. The first kappa shape index (κ1) is 13.0. The number of rotatable bonds is 3. The SMILES string of the molecule is COc1ccc(C2Cc3ccccc3OC2OC)cc1. The van der Waals surface area contributed by atoms with Crippen LogP contribution in [0.15, 0.2) is 48.5 Å². The highest BCUT2D eigenvalue weighted by molar-refractivity contribution is 5.39. The van der Waals surface area contributed by atoms with Gasteiger partial charge >= 0.3 is 0 Å². The number of para-hydroxylation sites is 1. The Kier molecular flexibility index (Phi) is 3.61. The normalized spacial score (nSPS) is 20.9. The molecule has 3 heteroatoms. The van der Waals surface area contributed by atoms with E-state index in [9.17, 15) is 0 Å². The van der Waals surface area contributed by atoms with Gasteiger partial charge < -0.3 is 14.2 Å². The summed E-state index contributed by atoms with van der Waals surface area (Å²) in [6.07, 6.45) is 0.666. The first-order valence-electron chi connectivity index (χ1n) is 6.73. The summed E-state index contributed by atoms with van der Waals surface area (Å²) in [5, 5.41) is 0. The Morgan fingerprint density at radius 3 is 2.45 bits per heavy atom. The molecular weight excluding hydrogens is 252 g/mol. The number of hydrogen-bond donors (Lipinski definition) is 0. The van der Waals surface area contributed by atoms with Crippen molar-refractivity contribution in [3.63, 3.8) is 0 Å². The van der Waals surface area contributed by atoms with Crippen molar-refractivity contribution in [2.75, 3.05) is 14.2 Å². The zero-order chi connectivity index (χ0) is 13.9. The van der Waals surface area contributed by atoms with Crippen molar-refractivity contribution < 1.29 is 14.2 Å². The summed E-state index contributed by atoms with van der Waals surface area (Å²) in [7, 11) is 3.36. The van der Waals surface area contributed by atoms with E-state index in [2.05, 4.69) is 18.2 Å². The van der Waals surface area contributed by atoms with Gasteiger partial charge in [-0.25, -0.2) is 0 Å². The Balaban J connectivity index is 1.91. The van der Waals surface area contributed by atoms with Crippen LogP contribution in [-0.2, 0) is 11.2 Å². The van der Waals surface area contributed by atoms with E-state index in [0.29, 0.717) is 0 Å². The Hall–Kier alpha value is -2.00. The molecule has 0 bridgehead atoms. The van der Waals surface area contributed by atoms with Crippen molar-refractivity contribution in [1.82, 2.24) is 0 Å². The molecule has 2 aromatic rings. The molecule has 0 saturated carbocycles. The molecule has 0 saturated heterocycles. The minimum Gasteiger partial charge on any atom is -0.497 e. The van der Waals surface area contributed by atoms with E-state index >= 15 is 0 Å². The Morgan fingerprint density at radius 1 is 1.00 bits per heavy atom. The van der Waals surface area contributed by atoms with Crippen molar-refractivity contribution in [3.8, 4) is 11.5 Å². The number of methoxy groups -OCH3 is 2. The predicted octanol–water partition coefficient (Wildman–Crippen LogP) is 3.39. The number of hydrogen-bond acceptors (Lipinski definition) is 3. The molecule has 3 rings (SSSR count). The largest absolute Gasteiger partial charge is 0.497 e. The smallest absolute Gasteiger partial charge is 0.206 e. The molecule has 0 radical (unpaired) electrons. The molecule has 3 nitrogen and oxygen atoms in total. The van der Waals surface area contributed by atoms with Gasteiger partial charge in [0.05, 0.1) is 13.0 Å². The molecule has 1 aliphatic heterocycles. The summed E-state index contributed by atoms with van der Waals surface area (Å²) >= 11 is 0. The second-order valence-corrected chi connectivity index (χ2v) is 4.91. The fourth-order valence-corrected chi connectivity index (χ4v) is 2.67. The first-order chi connectivity index (χ1) is 9.81. The summed E-state index contributed by atoms with van der Waals surface area (Å²) < 4.78 is 16.7. The Morgan fingerprint density at radius 2 is 1.75 bits per heavy atom. The van der Waals surface area contributed by atoms with Crippen molar-refractivity contribution in [2.45, 2.75) is 18.6 Å². The van der Waals surface area contributed by atoms with Gasteiger partial charge in [-0.15, -0.1) is 0 Å². The molecular formula is C17H18O3. The molecule has 20 heavy (non-hydrogen) atoms. The average Bonchev–Trinajstić information content (AvgIpc) is 2.53. The second kappa shape index (κ2) is 5.55. The minimum absolute atomic E-state index is 0.195. The second-order valence-electron chi connectivity index (χ2n) is 4.91. The quantitative estimate of drug-likeness (QED) is 0.855. The van der Waals surface area contributed by atoms with Crippen LogP contribution in [0.5, 0.6) is 11.5 Å². The molecule has 0 aromatic heterocycles. The van der Waals surface area contributed by atoms with Crippen LogP contribution in [0.4, 0.5) is 0 Å². The van der Waals surface area contributed by atoms with Crippen LogP contribution < -0.4 is 9.47 Å². The number of fused-ring (bicyclic) bond motifs is 1. The van der Waals surface area contributed by atoms with E-state index in [1.807, 2.05) is 30.3 Å². The first-order valence-corrected chi connectivity index (χ1v) is 6.73. The molecule has 1 aliphatic rings. The molecule has 0 fully saturated rings. The van der Waals surface area contributed by atoms with Crippen LogP contribution >= 0.6 is 0 Å². The van der Waals surface area contributed by atoms with Crippen LogP contribution in [-0.4, -0.2) is 20.5 Å². The fraction of sp³-hybridized carbons (Fsp3) is 0.294. The van der Waals surface area contributed by atoms with E-state index in [-0.39, 0.29) is 12.2 Å². The van der Waals surface area contributed by atoms with Gasteiger partial charge in [0.1, 0.15) is 11.5 Å². The third kappa shape index (κ3) is 2.37. The minimum atomic E-state index is -0.252. The highest BCUT2D eigenvalue weighted by Crippen LogP contribution is 2.36. The van der Waals surface area contributed by atoms with Crippen molar-refractivity contribution in [3.05, 3.63) is 59.7 Å². The molecule has 104 valence electrons. The van der Waals surface area contributed by atoms with E-state index < -0.39 is 0 Å². The summed E-state index contributed by atoms with van der Waals surface area (Å²) in [5.74, 6) is 1.98. The van der Waals surface area contributed by atoms with Gasteiger partial charge in [0.2, 0.25) is 6.29 Å². The lowest BCUT2D eigenvalue weighted by atomic mass is 9.89. The number of benzene rings is 2.